The van der Waals surface area contributed by atoms with E-state index in [4.69, 9.17) is 28.9 Å². The molecule has 0 fully saturated rings. The first-order chi connectivity index (χ1) is 9.66. The molecular formula is C15H15Cl2N3. The molecule has 0 aliphatic rings. The van der Waals surface area contributed by atoms with Gasteiger partial charge in [-0.2, -0.15) is 0 Å². The zero-order chi connectivity index (χ0) is 14.4. The van der Waals surface area contributed by atoms with Gasteiger partial charge in [0, 0.05) is 6.54 Å². The first-order valence-corrected chi connectivity index (χ1v) is 6.97. The Morgan fingerprint density at radius 3 is 2.30 bits per heavy atom. The van der Waals surface area contributed by atoms with Crippen LogP contribution in [0.3, 0.4) is 0 Å². The van der Waals surface area contributed by atoms with Crippen LogP contribution in [0.15, 0.2) is 53.5 Å². The maximum Gasteiger partial charge on any atom is 0.193 e. The second-order valence-corrected chi connectivity index (χ2v) is 5.04. The highest BCUT2D eigenvalue weighted by Crippen LogP contribution is 2.29. The number of anilines is 1. The summed E-state index contributed by atoms with van der Waals surface area (Å²) in [4.78, 5) is 4.26. The molecule has 0 radical (unpaired) electrons. The Hall–Kier alpha value is -1.71. The summed E-state index contributed by atoms with van der Waals surface area (Å²) in [5, 5.41) is 3.95. The molecule has 0 heterocycles. The van der Waals surface area contributed by atoms with Crippen molar-refractivity contribution in [3.63, 3.8) is 0 Å². The van der Waals surface area contributed by atoms with Crippen LogP contribution in [-0.4, -0.2) is 12.5 Å². The van der Waals surface area contributed by atoms with Crippen molar-refractivity contribution in [2.24, 2.45) is 10.7 Å². The number of aliphatic imine (C=N–C) groups is 1. The van der Waals surface area contributed by atoms with Crippen molar-refractivity contribution in [2.45, 2.75) is 6.42 Å². The van der Waals surface area contributed by atoms with Gasteiger partial charge in [0.25, 0.3) is 0 Å². The minimum absolute atomic E-state index is 0.302. The van der Waals surface area contributed by atoms with Gasteiger partial charge in [0.1, 0.15) is 0 Å². The molecule has 0 aliphatic carbocycles. The first-order valence-electron chi connectivity index (χ1n) is 6.21. The zero-order valence-electron chi connectivity index (χ0n) is 10.8. The summed E-state index contributed by atoms with van der Waals surface area (Å²) in [6.45, 7) is 0.602. The lowest BCUT2D eigenvalue weighted by Crippen LogP contribution is -2.23. The monoisotopic (exact) mass is 307 g/mol. The number of nitrogens with two attached hydrogens (primary N) is 1. The van der Waals surface area contributed by atoms with Crippen molar-refractivity contribution in [3.05, 3.63) is 64.1 Å². The largest absolute Gasteiger partial charge is 0.370 e. The molecule has 0 saturated heterocycles. The summed E-state index contributed by atoms with van der Waals surface area (Å²) in [6.07, 6.45) is 0.833. The molecule has 2 aromatic rings. The number of rotatable bonds is 4. The average Bonchev–Trinajstić information content (AvgIpc) is 2.44. The fraction of sp³-hybridized carbons (Fsp3) is 0.133. The van der Waals surface area contributed by atoms with E-state index in [9.17, 15) is 0 Å². The molecule has 0 amide bonds. The van der Waals surface area contributed by atoms with Gasteiger partial charge < -0.3 is 11.1 Å². The summed E-state index contributed by atoms with van der Waals surface area (Å²) in [7, 11) is 0. The Balaban J connectivity index is 1.94. The van der Waals surface area contributed by atoms with Crippen molar-refractivity contribution >= 4 is 34.8 Å². The lowest BCUT2D eigenvalue weighted by atomic mass is 10.2. The van der Waals surface area contributed by atoms with Gasteiger partial charge in [-0.15, -0.1) is 0 Å². The SMILES string of the molecule is NC(=NCCc1ccccc1)Nc1c(Cl)cccc1Cl. The van der Waals surface area contributed by atoms with Crippen LogP contribution in [0.5, 0.6) is 0 Å². The maximum atomic E-state index is 6.05. The minimum Gasteiger partial charge on any atom is -0.370 e. The maximum absolute atomic E-state index is 6.05. The molecule has 2 rings (SSSR count). The third-order valence-electron chi connectivity index (χ3n) is 2.74. The van der Waals surface area contributed by atoms with Crippen molar-refractivity contribution in [3.8, 4) is 0 Å². The van der Waals surface area contributed by atoms with Crippen molar-refractivity contribution < 1.29 is 0 Å². The van der Waals surface area contributed by atoms with E-state index in [2.05, 4.69) is 22.4 Å². The van der Waals surface area contributed by atoms with Gasteiger partial charge in [0.15, 0.2) is 5.96 Å². The van der Waals surface area contributed by atoms with E-state index in [1.54, 1.807) is 18.2 Å². The van der Waals surface area contributed by atoms with E-state index in [1.807, 2.05) is 18.2 Å². The van der Waals surface area contributed by atoms with Gasteiger partial charge in [-0.25, -0.2) is 0 Å². The molecule has 0 bridgehead atoms. The van der Waals surface area contributed by atoms with Gasteiger partial charge in [0.2, 0.25) is 0 Å². The molecule has 0 spiro atoms. The highest BCUT2D eigenvalue weighted by Gasteiger charge is 2.05. The van der Waals surface area contributed by atoms with Crippen LogP contribution in [0.25, 0.3) is 0 Å². The highest BCUT2D eigenvalue weighted by molar-refractivity contribution is 6.39. The lowest BCUT2D eigenvalue weighted by Gasteiger charge is -2.09. The van der Waals surface area contributed by atoms with Crippen LogP contribution in [0, 0.1) is 0 Å². The second kappa shape index (κ2) is 7.17. The Bertz CT molecular complexity index is 577. The minimum atomic E-state index is 0.302. The molecule has 3 N–H and O–H groups in total. The third-order valence-corrected chi connectivity index (χ3v) is 3.37. The van der Waals surface area contributed by atoms with E-state index < -0.39 is 0 Å². The van der Waals surface area contributed by atoms with Gasteiger partial charge in [-0.05, 0) is 24.1 Å². The first kappa shape index (κ1) is 14.7. The molecule has 0 saturated carbocycles. The molecule has 0 aromatic heterocycles. The Kier molecular flexibility index (Phi) is 5.27. The van der Waals surface area contributed by atoms with E-state index in [0.29, 0.717) is 28.2 Å². The standard InChI is InChI=1S/C15H15Cl2N3/c16-12-7-4-8-13(17)14(12)20-15(18)19-10-9-11-5-2-1-3-6-11/h1-8H,9-10H2,(H3,18,19,20). The summed E-state index contributed by atoms with van der Waals surface area (Å²) < 4.78 is 0. The number of hydrogen-bond donors (Lipinski definition) is 2. The number of para-hydroxylation sites is 1. The summed E-state index contributed by atoms with van der Waals surface area (Å²) in [5.41, 5.74) is 7.63. The average molecular weight is 308 g/mol. The van der Waals surface area contributed by atoms with Crippen molar-refractivity contribution in [1.82, 2.24) is 0 Å². The van der Waals surface area contributed by atoms with Gasteiger partial charge in [-0.3, -0.25) is 4.99 Å². The number of nitrogens with zero attached hydrogens (tertiary/aromatic N) is 1. The van der Waals surface area contributed by atoms with Gasteiger partial charge in [0.05, 0.1) is 15.7 Å². The number of nitrogens with one attached hydrogen (secondary N) is 1. The van der Waals surface area contributed by atoms with Gasteiger partial charge >= 0.3 is 0 Å². The number of halogens is 2. The second-order valence-electron chi connectivity index (χ2n) is 4.22. The highest BCUT2D eigenvalue weighted by atomic mass is 35.5. The predicted octanol–water partition coefficient (Wildman–Crippen LogP) is 3.96. The normalized spacial score (nSPS) is 11.4. The molecule has 5 heteroatoms. The number of hydrogen-bond acceptors (Lipinski definition) is 1. The Morgan fingerprint density at radius 2 is 1.65 bits per heavy atom. The zero-order valence-corrected chi connectivity index (χ0v) is 12.3. The summed E-state index contributed by atoms with van der Waals surface area (Å²) in [6, 6.07) is 15.4. The fourth-order valence-electron chi connectivity index (χ4n) is 1.73. The van der Waals surface area contributed by atoms with Crippen LogP contribution >= 0.6 is 23.2 Å². The van der Waals surface area contributed by atoms with Crippen molar-refractivity contribution in [2.75, 3.05) is 11.9 Å². The number of benzene rings is 2. The Labute approximate surface area is 128 Å². The fourth-order valence-corrected chi connectivity index (χ4v) is 2.23. The predicted molar refractivity (Wildman–Crippen MR) is 86.7 cm³/mol. The Morgan fingerprint density at radius 1 is 1.00 bits per heavy atom. The van der Waals surface area contributed by atoms with E-state index in [0.717, 1.165) is 6.42 Å². The van der Waals surface area contributed by atoms with Crippen LogP contribution in [0.2, 0.25) is 10.0 Å². The van der Waals surface area contributed by atoms with Crippen LogP contribution < -0.4 is 11.1 Å². The molecule has 3 nitrogen and oxygen atoms in total. The quantitative estimate of drug-likeness (QED) is 0.663. The summed E-state index contributed by atoms with van der Waals surface area (Å²) >= 11 is 12.1. The van der Waals surface area contributed by atoms with E-state index in [1.165, 1.54) is 5.56 Å². The van der Waals surface area contributed by atoms with E-state index in [-0.39, 0.29) is 0 Å². The van der Waals surface area contributed by atoms with Crippen molar-refractivity contribution in [1.29, 1.82) is 0 Å². The molecular weight excluding hydrogens is 293 g/mol. The summed E-state index contributed by atoms with van der Waals surface area (Å²) in [5.74, 6) is 0.302. The molecule has 0 atom stereocenters. The molecule has 0 unspecified atom stereocenters. The lowest BCUT2D eigenvalue weighted by molar-refractivity contribution is 0.965. The van der Waals surface area contributed by atoms with Crippen LogP contribution in [-0.2, 0) is 6.42 Å². The molecule has 104 valence electrons. The van der Waals surface area contributed by atoms with Gasteiger partial charge in [-0.1, -0.05) is 59.6 Å². The molecule has 20 heavy (non-hydrogen) atoms. The smallest absolute Gasteiger partial charge is 0.193 e. The van der Waals surface area contributed by atoms with E-state index >= 15 is 0 Å². The topological polar surface area (TPSA) is 50.4 Å². The molecule has 0 aliphatic heterocycles. The van der Waals surface area contributed by atoms with Crippen LogP contribution in [0.1, 0.15) is 5.56 Å². The molecule has 2 aromatic carbocycles. The third kappa shape index (κ3) is 4.15. The number of guanidine groups is 1. The van der Waals surface area contributed by atoms with Crippen LogP contribution in [0.4, 0.5) is 5.69 Å².